The first kappa shape index (κ1) is 20.9. The van der Waals surface area contributed by atoms with E-state index >= 15 is 0 Å². The highest BCUT2D eigenvalue weighted by Gasteiger charge is 2.37. The summed E-state index contributed by atoms with van der Waals surface area (Å²) in [5.41, 5.74) is 6.70. The molecular formula is C24H20F3NO3. The third-order valence-corrected chi connectivity index (χ3v) is 5.57. The van der Waals surface area contributed by atoms with Crippen molar-refractivity contribution in [1.29, 1.82) is 0 Å². The van der Waals surface area contributed by atoms with Crippen molar-refractivity contribution in [3.05, 3.63) is 83.4 Å². The summed E-state index contributed by atoms with van der Waals surface area (Å²) < 4.78 is 45.4. The highest BCUT2D eigenvalue weighted by Crippen LogP contribution is 2.38. The maximum atomic E-state index is 13.1. The van der Waals surface area contributed by atoms with Gasteiger partial charge >= 0.3 is 12.1 Å². The number of para-hydroxylation sites is 1. The van der Waals surface area contributed by atoms with Crippen molar-refractivity contribution >= 4 is 5.97 Å². The standard InChI is InChI=1S/C24H20F3NO3/c25-24(26,27)18-5-3-4-16(12-18)20-6-1-2-7-21(20)31-19-9-8-15-10-11-23(28,22(29)30)14-17(15)13-19/h1-9,12-13H,10-11,14,28H2,(H,29,30). The molecule has 1 aliphatic carbocycles. The number of hydrogen-bond acceptors (Lipinski definition) is 3. The molecule has 160 valence electrons. The van der Waals surface area contributed by atoms with Gasteiger partial charge in [0.15, 0.2) is 0 Å². The normalized spacial score (nSPS) is 18.3. The van der Waals surface area contributed by atoms with Crippen molar-refractivity contribution in [1.82, 2.24) is 0 Å². The maximum absolute atomic E-state index is 13.1. The number of carboxylic acids is 1. The molecule has 3 aromatic carbocycles. The molecule has 1 aliphatic rings. The number of rotatable bonds is 4. The number of benzene rings is 3. The number of carboxylic acid groups (broad SMARTS) is 1. The minimum absolute atomic E-state index is 0.185. The number of aliphatic carboxylic acids is 1. The fourth-order valence-electron chi connectivity index (χ4n) is 3.83. The summed E-state index contributed by atoms with van der Waals surface area (Å²) in [6, 6.07) is 17.3. The topological polar surface area (TPSA) is 72.6 Å². The molecule has 0 fully saturated rings. The number of fused-ring (bicyclic) bond motifs is 1. The van der Waals surface area contributed by atoms with E-state index < -0.39 is 23.2 Å². The number of alkyl halides is 3. The molecular weight excluding hydrogens is 407 g/mol. The summed E-state index contributed by atoms with van der Waals surface area (Å²) in [6.45, 7) is 0. The first-order valence-corrected chi connectivity index (χ1v) is 9.74. The van der Waals surface area contributed by atoms with Crippen molar-refractivity contribution < 1.29 is 27.8 Å². The summed E-state index contributed by atoms with van der Waals surface area (Å²) >= 11 is 0. The molecule has 0 spiro atoms. The Morgan fingerprint density at radius 3 is 2.52 bits per heavy atom. The second-order valence-electron chi connectivity index (χ2n) is 7.75. The Balaban J connectivity index is 1.66. The van der Waals surface area contributed by atoms with E-state index in [4.69, 9.17) is 10.5 Å². The van der Waals surface area contributed by atoms with Crippen molar-refractivity contribution in [3.63, 3.8) is 0 Å². The molecule has 7 heteroatoms. The van der Waals surface area contributed by atoms with Crippen LogP contribution in [0.3, 0.4) is 0 Å². The van der Waals surface area contributed by atoms with Crippen LogP contribution in [0.25, 0.3) is 11.1 Å². The Labute approximate surface area is 177 Å². The fourth-order valence-corrected chi connectivity index (χ4v) is 3.83. The quantitative estimate of drug-likeness (QED) is 0.582. The van der Waals surface area contributed by atoms with Crippen LogP contribution in [0.1, 0.15) is 23.1 Å². The Morgan fingerprint density at radius 2 is 1.77 bits per heavy atom. The van der Waals surface area contributed by atoms with Crippen LogP contribution in [0.15, 0.2) is 66.7 Å². The summed E-state index contributed by atoms with van der Waals surface area (Å²) in [5, 5.41) is 9.43. The molecule has 0 amide bonds. The Hall–Kier alpha value is -3.32. The van der Waals surface area contributed by atoms with E-state index in [-0.39, 0.29) is 6.42 Å². The summed E-state index contributed by atoms with van der Waals surface area (Å²) in [5.74, 6) is -0.179. The molecule has 1 unspecified atom stereocenters. The average molecular weight is 427 g/mol. The van der Waals surface area contributed by atoms with Gasteiger partial charge in [0.1, 0.15) is 17.0 Å². The third kappa shape index (κ3) is 4.27. The molecule has 4 rings (SSSR count). The van der Waals surface area contributed by atoms with E-state index in [9.17, 15) is 23.1 Å². The lowest BCUT2D eigenvalue weighted by molar-refractivity contribution is -0.143. The molecule has 4 nitrogen and oxygen atoms in total. The molecule has 0 saturated heterocycles. The number of nitrogens with two attached hydrogens (primary N) is 1. The number of aryl methyl sites for hydroxylation is 1. The number of carbonyl (C=O) groups is 1. The lowest BCUT2D eigenvalue weighted by Crippen LogP contribution is -2.52. The van der Waals surface area contributed by atoms with Gasteiger partial charge in [0.2, 0.25) is 0 Å². The molecule has 0 aromatic heterocycles. The van der Waals surface area contributed by atoms with Gasteiger partial charge in [-0.3, -0.25) is 4.79 Å². The van der Waals surface area contributed by atoms with Crippen LogP contribution in [0.4, 0.5) is 13.2 Å². The van der Waals surface area contributed by atoms with E-state index in [2.05, 4.69) is 0 Å². The van der Waals surface area contributed by atoms with Gasteiger partial charge in [0.05, 0.1) is 5.56 Å². The lowest BCUT2D eigenvalue weighted by atomic mass is 9.78. The summed E-state index contributed by atoms with van der Waals surface area (Å²) in [4.78, 5) is 11.5. The second kappa shape index (κ2) is 7.74. The van der Waals surface area contributed by atoms with Crippen LogP contribution < -0.4 is 10.5 Å². The highest BCUT2D eigenvalue weighted by molar-refractivity contribution is 5.79. The average Bonchev–Trinajstić information content (AvgIpc) is 2.73. The molecule has 0 saturated carbocycles. The summed E-state index contributed by atoms with van der Waals surface area (Å²) in [7, 11) is 0. The van der Waals surface area contributed by atoms with Gasteiger partial charge < -0.3 is 15.6 Å². The van der Waals surface area contributed by atoms with Gasteiger partial charge in [-0.15, -0.1) is 0 Å². The molecule has 3 N–H and O–H groups in total. The SMILES string of the molecule is NC1(C(=O)O)CCc2ccc(Oc3ccccc3-c3cccc(C(F)(F)F)c3)cc2C1. The van der Waals surface area contributed by atoms with Crippen molar-refractivity contribution in [2.24, 2.45) is 5.73 Å². The van der Waals surface area contributed by atoms with Gasteiger partial charge in [-0.2, -0.15) is 13.2 Å². The number of hydrogen-bond donors (Lipinski definition) is 2. The second-order valence-corrected chi connectivity index (χ2v) is 7.75. The predicted octanol–water partition coefficient (Wildman–Crippen LogP) is 5.44. The van der Waals surface area contributed by atoms with Crippen LogP contribution in [0.5, 0.6) is 11.5 Å². The first-order valence-electron chi connectivity index (χ1n) is 9.74. The minimum atomic E-state index is -4.44. The molecule has 3 aromatic rings. The molecule has 0 aliphatic heterocycles. The van der Waals surface area contributed by atoms with Crippen LogP contribution >= 0.6 is 0 Å². The zero-order valence-corrected chi connectivity index (χ0v) is 16.4. The molecule has 0 bridgehead atoms. The monoisotopic (exact) mass is 427 g/mol. The fraction of sp³-hybridized carbons (Fsp3) is 0.208. The Bertz CT molecular complexity index is 1140. The van der Waals surface area contributed by atoms with Crippen molar-refractivity contribution in [3.8, 4) is 22.6 Å². The van der Waals surface area contributed by atoms with Gasteiger partial charge in [-0.05, 0) is 59.9 Å². The Morgan fingerprint density at radius 1 is 1.00 bits per heavy atom. The zero-order chi connectivity index (χ0) is 22.2. The zero-order valence-electron chi connectivity index (χ0n) is 16.4. The van der Waals surface area contributed by atoms with Gasteiger partial charge in [-0.1, -0.05) is 36.4 Å². The number of ether oxygens (including phenoxy) is 1. The van der Waals surface area contributed by atoms with E-state index in [1.54, 1.807) is 42.5 Å². The minimum Gasteiger partial charge on any atom is -0.480 e. The van der Waals surface area contributed by atoms with Crippen molar-refractivity contribution in [2.45, 2.75) is 31.0 Å². The molecule has 0 heterocycles. The smallest absolute Gasteiger partial charge is 0.416 e. The summed E-state index contributed by atoms with van der Waals surface area (Å²) in [6.07, 6.45) is -3.35. The number of halogens is 3. The van der Waals surface area contributed by atoms with Crippen molar-refractivity contribution in [2.75, 3.05) is 0 Å². The first-order chi connectivity index (χ1) is 14.7. The van der Waals surface area contributed by atoms with Gasteiger partial charge in [-0.25, -0.2) is 0 Å². The van der Waals surface area contributed by atoms with Gasteiger partial charge in [0, 0.05) is 12.0 Å². The Kier molecular flexibility index (Phi) is 5.23. The van der Waals surface area contributed by atoms with E-state index in [1.165, 1.54) is 6.07 Å². The molecule has 1 atom stereocenters. The maximum Gasteiger partial charge on any atom is 0.416 e. The largest absolute Gasteiger partial charge is 0.480 e. The predicted molar refractivity (Wildman–Crippen MR) is 110 cm³/mol. The van der Waals surface area contributed by atoms with Crippen LogP contribution in [0, 0.1) is 0 Å². The van der Waals surface area contributed by atoms with E-state index in [0.29, 0.717) is 35.5 Å². The molecule has 31 heavy (non-hydrogen) atoms. The van der Waals surface area contributed by atoms with E-state index in [1.807, 2.05) is 6.07 Å². The molecule has 0 radical (unpaired) electrons. The van der Waals surface area contributed by atoms with Crippen LogP contribution in [0.2, 0.25) is 0 Å². The third-order valence-electron chi connectivity index (χ3n) is 5.57. The lowest BCUT2D eigenvalue weighted by Gasteiger charge is -2.31. The van der Waals surface area contributed by atoms with Gasteiger partial charge in [0.25, 0.3) is 0 Å². The van der Waals surface area contributed by atoms with Crippen LogP contribution in [-0.2, 0) is 23.8 Å². The van der Waals surface area contributed by atoms with Crippen LogP contribution in [-0.4, -0.2) is 16.6 Å². The van der Waals surface area contributed by atoms with E-state index in [0.717, 1.165) is 23.3 Å². The highest BCUT2D eigenvalue weighted by atomic mass is 19.4.